The average Bonchev–Trinajstić information content (AvgIpc) is 3.05. The van der Waals surface area contributed by atoms with Crippen molar-refractivity contribution in [1.82, 2.24) is 4.90 Å². The topological polar surface area (TPSA) is 37.4 Å². The van der Waals surface area contributed by atoms with Crippen molar-refractivity contribution in [1.29, 1.82) is 0 Å². The van der Waals surface area contributed by atoms with Gasteiger partial charge in [0, 0.05) is 6.54 Å². The summed E-state index contributed by atoms with van der Waals surface area (Å²) in [6, 6.07) is 28.4. The van der Waals surface area contributed by atoms with Gasteiger partial charge in [-0.3, -0.25) is 14.5 Å². The molecule has 1 heterocycles. The summed E-state index contributed by atoms with van der Waals surface area (Å²) in [5.74, 6) is -0.210. The van der Waals surface area contributed by atoms with E-state index < -0.39 is 0 Å². The van der Waals surface area contributed by atoms with Crippen LogP contribution in [0.25, 0.3) is 27.6 Å². The van der Waals surface area contributed by atoms with Crippen LogP contribution in [0.5, 0.6) is 0 Å². The fourth-order valence-corrected chi connectivity index (χ4v) is 4.76. The zero-order valence-electron chi connectivity index (χ0n) is 16.2. The molecule has 3 nitrogen and oxygen atoms in total. The molecule has 4 aromatic rings. The third-order valence-electron chi connectivity index (χ3n) is 5.43. The van der Waals surface area contributed by atoms with Crippen LogP contribution < -0.4 is 0 Å². The Morgan fingerprint density at radius 3 is 2.03 bits per heavy atom. The number of carbonyl (C=O) groups is 2. The minimum Gasteiger partial charge on any atom is -0.268 e. The largest absolute Gasteiger partial charge is 0.293 e. The molecule has 0 N–H and O–H groups in total. The van der Waals surface area contributed by atoms with Gasteiger partial charge < -0.3 is 0 Å². The zero-order valence-corrected chi connectivity index (χ0v) is 17.1. The highest BCUT2D eigenvalue weighted by Crippen LogP contribution is 2.36. The Labute approximate surface area is 179 Å². The van der Waals surface area contributed by atoms with Crippen LogP contribution >= 0.6 is 11.8 Å². The van der Waals surface area contributed by atoms with Gasteiger partial charge in [-0.15, -0.1) is 0 Å². The molecule has 146 valence electrons. The quantitative estimate of drug-likeness (QED) is 0.294. The predicted octanol–water partition coefficient (Wildman–Crippen LogP) is 6.27. The van der Waals surface area contributed by atoms with E-state index in [0.29, 0.717) is 17.9 Å². The second kappa shape index (κ2) is 7.81. The zero-order chi connectivity index (χ0) is 20.5. The van der Waals surface area contributed by atoms with Crippen molar-refractivity contribution in [3.8, 4) is 0 Å². The minimum atomic E-state index is -0.210. The average molecular weight is 410 g/mol. The minimum absolute atomic E-state index is 0.202. The van der Waals surface area contributed by atoms with Gasteiger partial charge >= 0.3 is 0 Å². The Morgan fingerprint density at radius 2 is 1.37 bits per heavy atom. The van der Waals surface area contributed by atoms with Gasteiger partial charge in [-0.2, -0.15) is 0 Å². The number of benzene rings is 4. The SMILES string of the molecule is O=C1SC(=Cc2c3ccccc3cc3ccccc23)C(=O)N1CCc1ccccc1. The van der Waals surface area contributed by atoms with E-state index in [1.807, 2.05) is 60.7 Å². The summed E-state index contributed by atoms with van der Waals surface area (Å²) in [6.45, 7) is 0.391. The summed E-state index contributed by atoms with van der Waals surface area (Å²) in [5.41, 5.74) is 2.10. The molecule has 0 atom stereocenters. The van der Waals surface area contributed by atoms with Crippen LogP contribution in [0, 0.1) is 0 Å². The van der Waals surface area contributed by atoms with Crippen molar-refractivity contribution < 1.29 is 9.59 Å². The molecule has 0 unspecified atom stereocenters. The molecular formula is C26H19NO2S. The molecule has 0 radical (unpaired) electrons. The Morgan fingerprint density at radius 1 is 0.767 bits per heavy atom. The van der Waals surface area contributed by atoms with Crippen LogP contribution in [-0.2, 0) is 11.2 Å². The highest BCUT2D eigenvalue weighted by atomic mass is 32.2. The Bertz CT molecular complexity index is 1260. The van der Waals surface area contributed by atoms with Gasteiger partial charge in [-0.05, 0) is 63.0 Å². The highest BCUT2D eigenvalue weighted by molar-refractivity contribution is 8.18. The van der Waals surface area contributed by atoms with Crippen LogP contribution in [0.2, 0.25) is 0 Å². The first-order valence-electron chi connectivity index (χ1n) is 9.90. The Balaban J connectivity index is 1.52. The van der Waals surface area contributed by atoms with Gasteiger partial charge in [-0.25, -0.2) is 0 Å². The third kappa shape index (κ3) is 3.40. The van der Waals surface area contributed by atoms with E-state index in [0.717, 1.165) is 44.4 Å². The van der Waals surface area contributed by atoms with Crippen molar-refractivity contribution in [3.63, 3.8) is 0 Å². The lowest BCUT2D eigenvalue weighted by atomic mass is 9.96. The van der Waals surface area contributed by atoms with Gasteiger partial charge in [0.2, 0.25) is 0 Å². The number of nitrogens with zero attached hydrogens (tertiary/aromatic N) is 1. The van der Waals surface area contributed by atoms with Crippen LogP contribution in [-0.4, -0.2) is 22.6 Å². The van der Waals surface area contributed by atoms with E-state index in [-0.39, 0.29) is 11.1 Å². The fourth-order valence-electron chi connectivity index (χ4n) is 3.91. The number of thioether (sulfide) groups is 1. The van der Waals surface area contributed by atoms with Crippen LogP contribution in [0.4, 0.5) is 4.79 Å². The van der Waals surface area contributed by atoms with Gasteiger partial charge in [0.25, 0.3) is 11.1 Å². The number of carbonyl (C=O) groups excluding carboxylic acids is 2. The summed E-state index contributed by atoms with van der Waals surface area (Å²) in [7, 11) is 0. The lowest BCUT2D eigenvalue weighted by Crippen LogP contribution is -2.30. The predicted molar refractivity (Wildman–Crippen MR) is 124 cm³/mol. The van der Waals surface area contributed by atoms with Crippen molar-refractivity contribution in [2.75, 3.05) is 6.54 Å². The normalized spacial score (nSPS) is 15.6. The molecule has 0 saturated carbocycles. The maximum absolute atomic E-state index is 13.0. The van der Waals surface area contributed by atoms with Crippen molar-refractivity contribution in [2.24, 2.45) is 0 Å². The molecule has 4 heteroatoms. The number of hydrogen-bond donors (Lipinski definition) is 0. The summed E-state index contributed by atoms with van der Waals surface area (Å²) in [5, 5.41) is 4.18. The summed E-state index contributed by atoms with van der Waals surface area (Å²) < 4.78 is 0. The first kappa shape index (κ1) is 18.6. The number of amides is 2. The second-order valence-corrected chi connectivity index (χ2v) is 8.29. The first-order valence-corrected chi connectivity index (χ1v) is 10.7. The smallest absolute Gasteiger partial charge is 0.268 e. The standard InChI is InChI=1S/C26H19NO2S/c28-25-24(30-26(29)27(25)15-14-18-8-2-1-3-9-18)17-23-21-12-6-4-10-19(21)16-20-11-5-7-13-22(20)23/h1-13,16-17H,14-15H2. The molecular weight excluding hydrogens is 390 g/mol. The Kier molecular flexibility index (Phi) is 4.85. The summed E-state index contributed by atoms with van der Waals surface area (Å²) >= 11 is 1.03. The van der Waals surface area contributed by atoms with E-state index >= 15 is 0 Å². The van der Waals surface area contributed by atoms with Crippen LogP contribution in [0.3, 0.4) is 0 Å². The van der Waals surface area contributed by atoms with Crippen molar-refractivity contribution in [2.45, 2.75) is 6.42 Å². The monoisotopic (exact) mass is 409 g/mol. The summed E-state index contributed by atoms with van der Waals surface area (Å²) in [4.78, 5) is 27.4. The maximum Gasteiger partial charge on any atom is 0.293 e. The second-order valence-electron chi connectivity index (χ2n) is 7.30. The molecule has 0 aliphatic carbocycles. The van der Waals surface area contributed by atoms with Crippen LogP contribution in [0.1, 0.15) is 11.1 Å². The third-order valence-corrected chi connectivity index (χ3v) is 6.34. The number of fused-ring (bicyclic) bond motifs is 2. The van der Waals surface area contributed by atoms with Gasteiger partial charge in [0.1, 0.15) is 0 Å². The molecule has 30 heavy (non-hydrogen) atoms. The summed E-state index contributed by atoms with van der Waals surface area (Å²) in [6.07, 6.45) is 2.54. The molecule has 1 saturated heterocycles. The van der Waals surface area contributed by atoms with Crippen molar-refractivity contribution >= 4 is 50.5 Å². The first-order chi connectivity index (χ1) is 14.7. The molecule has 0 spiro atoms. The molecule has 0 bridgehead atoms. The molecule has 1 aliphatic rings. The van der Waals surface area contributed by atoms with Crippen LogP contribution in [0.15, 0.2) is 89.8 Å². The maximum atomic E-state index is 13.0. The molecule has 2 amide bonds. The lowest BCUT2D eigenvalue weighted by molar-refractivity contribution is -0.122. The molecule has 5 rings (SSSR count). The highest BCUT2D eigenvalue weighted by Gasteiger charge is 2.34. The number of imide groups is 1. The molecule has 4 aromatic carbocycles. The van der Waals surface area contributed by atoms with E-state index in [4.69, 9.17) is 0 Å². The van der Waals surface area contributed by atoms with Crippen molar-refractivity contribution in [3.05, 3.63) is 101 Å². The molecule has 0 aromatic heterocycles. The number of rotatable bonds is 4. The lowest BCUT2D eigenvalue weighted by Gasteiger charge is -2.12. The number of hydrogen-bond acceptors (Lipinski definition) is 3. The van der Waals surface area contributed by atoms with E-state index in [9.17, 15) is 9.59 Å². The molecule has 1 aliphatic heterocycles. The van der Waals surface area contributed by atoms with E-state index in [1.54, 1.807) is 0 Å². The van der Waals surface area contributed by atoms with E-state index in [1.165, 1.54) is 4.90 Å². The van der Waals surface area contributed by atoms with Gasteiger partial charge in [0.15, 0.2) is 0 Å². The van der Waals surface area contributed by atoms with E-state index in [2.05, 4.69) is 30.3 Å². The Hall–Kier alpha value is -3.37. The van der Waals surface area contributed by atoms with Gasteiger partial charge in [-0.1, -0.05) is 78.9 Å². The molecule has 1 fully saturated rings. The van der Waals surface area contributed by atoms with Gasteiger partial charge in [0.05, 0.1) is 4.91 Å². The fraction of sp³-hybridized carbons (Fsp3) is 0.0769.